The maximum absolute atomic E-state index is 4.56. The summed E-state index contributed by atoms with van der Waals surface area (Å²) < 4.78 is 6.12. The molecule has 0 aromatic carbocycles. The van der Waals surface area contributed by atoms with E-state index in [-0.39, 0.29) is 0 Å². The molecule has 0 atom stereocenters. The van der Waals surface area contributed by atoms with E-state index < -0.39 is 0 Å². The van der Waals surface area contributed by atoms with Crippen LogP contribution in [0.15, 0.2) is 30.6 Å². The van der Waals surface area contributed by atoms with E-state index in [0.717, 1.165) is 44.2 Å². The van der Waals surface area contributed by atoms with E-state index in [1.54, 1.807) is 0 Å². The summed E-state index contributed by atoms with van der Waals surface area (Å²) in [5.74, 6) is 0. The van der Waals surface area contributed by atoms with Crippen LogP contribution in [0.1, 0.15) is 22.8 Å². The molecule has 0 amide bonds. The monoisotopic (exact) mass is 341 g/mol. The average Bonchev–Trinajstić information content (AvgIpc) is 3.24. The largest absolute Gasteiger partial charge is 0.281 e. The fraction of sp³-hybridized carbons (Fsp3) is 0.500. The third-order valence-electron chi connectivity index (χ3n) is 4.37. The molecule has 134 valence electrons. The Balaban J connectivity index is 1.64. The highest BCUT2D eigenvalue weighted by molar-refractivity contribution is 5.07. The van der Waals surface area contributed by atoms with Gasteiger partial charge in [0.05, 0.1) is 31.1 Å². The van der Waals surface area contributed by atoms with Gasteiger partial charge in [-0.25, -0.2) is 0 Å². The Labute approximate surface area is 148 Å². The zero-order chi connectivity index (χ0) is 17.8. The van der Waals surface area contributed by atoms with Gasteiger partial charge in [-0.15, -0.1) is 0 Å². The van der Waals surface area contributed by atoms with Crippen LogP contribution in [0, 0.1) is 27.7 Å². The SMILES string of the molecule is Cc1cc(C)n(CCN(CCn2nc(C)cc2C)Cn2cccn2)n1. The van der Waals surface area contributed by atoms with Crippen LogP contribution in [0.4, 0.5) is 0 Å². The minimum absolute atomic E-state index is 0.769. The van der Waals surface area contributed by atoms with Crippen LogP contribution in [-0.4, -0.2) is 47.3 Å². The van der Waals surface area contributed by atoms with Gasteiger partial charge in [-0.3, -0.25) is 18.9 Å². The Bertz CT molecular complexity index is 747. The Morgan fingerprint density at radius 1 is 0.880 bits per heavy atom. The van der Waals surface area contributed by atoms with Gasteiger partial charge in [-0.2, -0.15) is 15.3 Å². The molecule has 0 aliphatic carbocycles. The molecule has 0 unspecified atom stereocenters. The lowest BCUT2D eigenvalue weighted by molar-refractivity contribution is 0.186. The van der Waals surface area contributed by atoms with Crippen molar-refractivity contribution >= 4 is 0 Å². The number of nitrogens with zero attached hydrogens (tertiary/aromatic N) is 7. The van der Waals surface area contributed by atoms with Crippen LogP contribution in [0.5, 0.6) is 0 Å². The molecule has 0 fully saturated rings. The second-order valence-electron chi connectivity index (χ2n) is 6.61. The fourth-order valence-corrected chi connectivity index (χ4v) is 3.12. The van der Waals surface area contributed by atoms with Crippen molar-refractivity contribution in [3.63, 3.8) is 0 Å². The summed E-state index contributed by atoms with van der Waals surface area (Å²) in [4.78, 5) is 2.39. The summed E-state index contributed by atoms with van der Waals surface area (Å²) in [5.41, 5.74) is 4.54. The Kier molecular flexibility index (Phi) is 5.33. The van der Waals surface area contributed by atoms with Crippen LogP contribution in [0.3, 0.4) is 0 Å². The van der Waals surface area contributed by atoms with E-state index in [0.29, 0.717) is 0 Å². The van der Waals surface area contributed by atoms with Crippen LogP contribution in [0.2, 0.25) is 0 Å². The number of hydrogen-bond donors (Lipinski definition) is 0. The van der Waals surface area contributed by atoms with Gasteiger partial charge in [0, 0.05) is 36.9 Å². The number of rotatable bonds is 8. The first kappa shape index (κ1) is 17.4. The molecule has 7 nitrogen and oxygen atoms in total. The summed E-state index contributed by atoms with van der Waals surface area (Å²) in [7, 11) is 0. The lowest BCUT2D eigenvalue weighted by Crippen LogP contribution is -2.33. The minimum Gasteiger partial charge on any atom is -0.281 e. The van der Waals surface area contributed by atoms with E-state index in [1.165, 1.54) is 11.4 Å². The van der Waals surface area contributed by atoms with Crippen LogP contribution in [-0.2, 0) is 19.8 Å². The highest BCUT2D eigenvalue weighted by Gasteiger charge is 2.10. The van der Waals surface area contributed by atoms with E-state index in [9.17, 15) is 0 Å². The molecular formula is C18H27N7. The van der Waals surface area contributed by atoms with Gasteiger partial charge in [0.15, 0.2) is 0 Å². The first-order valence-electron chi connectivity index (χ1n) is 8.73. The van der Waals surface area contributed by atoms with Crippen molar-refractivity contribution < 1.29 is 0 Å². The quantitative estimate of drug-likeness (QED) is 0.630. The topological polar surface area (TPSA) is 56.7 Å². The Morgan fingerprint density at radius 3 is 1.84 bits per heavy atom. The van der Waals surface area contributed by atoms with Crippen LogP contribution < -0.4 is 0 Å². The third-order valence-corrected chi connectivity index (χ3v) is 4.37. The lowest BCUT2D eigenvalue weighted by Gasteiger charge is -2.23. The Morgan fingerprint density at radius 2 is 1.44 bits per heavy atom. The molecule has 3 aromatic rings. The molecule has 3 aromatic heterocycles. The zero-order valence-corrected chi connectivity index (χ0v) is 15.6. The lowest BCUT2D eigenvalue weighted by atomic mass is 10.4. The van der Waals surface area contributed by atoms with Crippen molar-refractivity contribution in [1.82, 2.24) is 34.2 Å². The maximum atomic E-state index is 4.56. The average molecular weight is 341 g/mol. The van der Waals surface area contributed by atoms with Gasteiger partial charge in [-0.05, 0) is 45.9 Å². The molecule has 0 radical (unpaired) electrons. The molecule has 0 saturated heterocycles. The predicted molar refractivity (Wildman–Crippen MR) is 97.2 cm³/mol. The number of aryl methyl sites for hydroxylation is 4. The molecule has 7 heteroatoms. The predicted octanol–water partition coefficient (Wildman–Crippen LogP) is 2.17. The van der Waals surface area contributed by atoms with Crippen molar-refractivity contribution in [1.29, 1.82) is 0 Å². The molecule has 0 N–H and O–H groups in total. The van der Waals surface area contributed by atoms with E-state index in [4.69, 9.17) is 0 Å². The maximum Gasteiger partial charge on any atom is 0.0929 e. The number of aromatic nitrogens is 6. The number of hydrogen-bond acceptors (Lipinski definition) is 4. The van der Waals surface area contributed by atoms with E-state index in [2.05, 4.69) is 55.5 Å². The summed E-state index contributed by atoms with van der Waals surface area (Å²) >= 11 is 0. The summed E-state index contributed by atoms with van der Waals surface area (Å²) in [6, 6.07) is 6.20. The first-order chi connectivity index (χ1) is 12.0. The summed E-state index contributed by atoms with van der Waals surface area (Å²) in [6.07, 6.45) is 3.82. The minimum atomic E-state index is 0.769. The molecule has 25 heavy (non-hydrogen) atoms. The first-order valence-corrected chi connectivity index (χ1v) is 8.73. The highest BCUT2D eigenvalue weighted by Crippen LogP contribution is 2.05. The molecule has 3 heterocycles. The van der Waals surface area contributed by atoms with Gasteiger partial charge >= 0.3 is 0 Å². The van der Waals surface area contributed by atoms with Gasteiger partial charge in [0.25, 0.3) is 0 Å². The second-order valence-corrected chi connectivity index (χ2v) is 6.61. The van der Waals surface area contributed by atoms with Gasteiger partial charge in [0.1, 0.15) is 0 Å². The molecule has 0 bridgehead atoms. The molecule has 0 spiro atoms. The molecular weight excluding hydrogens is 314 g/mol. The van der Waals surface area contributed by atoms with Crippen LogP contribution in [0.25, 0.3) is 0 Å². The van der Waals surface area contributed by atoms with Crippen molar-refractivity contribution in [2.75, 3.05) is 13.1 Å². The standard InChI is InChI=1S/C18H27N7/c1-15-12-17(3)24(20-15)10-8-22(14-23-7-5-6-19-23)9-11-25-18(4)13-16(2)21-25/h5-7,12-13H,8-11,14H2,1-4H3. The Hall–Kier alpha value is -2.41. The van der Waals surface area contributed by atoms with Crippen molar-refractivity contribution in [3.05, 3.63) is 53.4 Å². The third kappa shape index (κ3) is 4.57. The highest BCUT2D eigenvalue weighted by atomic mass is 15.4. The van der Waals surface area contributed by atoms with Gasteiger partial charge in [-0.1, -0.05) is 0 Å². The van der Waals surface area contributed by atoms with Crippen LogP contribution >= 0.6 is 0 Å². The van der Waals surface area contributed by atoms with Crippen molar-refractivity contribution in [2.45, 2.75) is 47.5 Å². The normalized spacial score (nSPS) is 11.6. The van der Waals surface area contributed by atoms with E-state index in [1.807, 2.05) is 37.0 Å². The van der Waals surface area contributed by atoms with Crippen molar-refractivity contribution in [2.24, 2.45) is 0 Å². The van der Waals surface area contributed by atoms with E-state index >= 15 is 0 Å². The fourth-order valence-electron chi connectivity index (χ4n) is 3.12. The second kappa shape index (κ2) is 7.65. The smallest absolute Gasteiger partial charge is 0.0929 e. The molecule has 3 rings (SSSR count). The molecule has 0 aliphatic rings. The van der Waals surface area contributed by atoms with Crippen molar-refractivity contribution in [3.8, 4) is 0 Å². The molecule has 0 aliphatic heterocycles. The summed E-state index contributed by atoms with van der Waals surface area (Å²) in [6.45, 7) is 12.6. The van der Waals surface area contributed by atoms with Gasteiger partial charge < -0.3 is 0 Å². The summed E-state index contributed by atoms with van der Waals surface area (Å²) in [5, 5.41) is 13.5. The molecule has 0 saturated carbocycles. The van der Waals surface area contributed by atoms with Gasteiger partial charge in [0.2, 0.25) is 0 Å². The zero-order valence-electron chi connectivity index (χ0n) is 15.6.